The number of anilines is 2. The molecule has 0 atom stereocenters. The molecule has 162 valence electrons. The van der Waals surface area contributed by atoms with Gasteiger partial charge >= 0.3 is 12.1 Å². The number of urea groups is 2. The van der Waals surface area contributed by atoms with Crippen LogP contribution in [0.3, 0.4) is 0 Å². The zero-order chi connectivity index (χ0) is 21.8. The lowest BCUT2D eigenvalue weighted by Gasteiger charge is -2.36. The van der Waals surface area contributed by atoms with Gasteiger partial charge in [0, 0.05) is 24.8 Å². The SMILES string of the molecule is CCOc1ccc(NC(=O)N2CCC(N3CC(=O)N(c4ccccc4)C3=O)CC2)cc1. The lowest BCUT2D eigenvalue weighted by Crippen LogP contribution is -2.49. The summed E-state index contributed by atoms with van der Waals surface area (Å²) in [6.07, 6.45) is 1.27. The first-order valence-electron chi connectivity index (χ1n) is 10.5. The number of rotatable bonds is 5. The van der Waals surface area contributed by atoms with E-state index in [-0.39, 0.29) is 30.6 Å². The fourth-order valence-electron chi connectivity index (χ4n) is 4.02. The van der Waals surface area contributed by atoms with Crippen molar-refractivity contribution in [2.45, 2.75) is 25.8 Å². The quantitative estimate of drug-likeness (QED) is 0.747. The molecule has 2 fully saturated rings. The maximum atomic E-state index is 12.9. The minimum Gasteiger partial charge on any atom is -0.494 e. The summed E-state index contributed by atoms with van der Waals surface area (Å²) in [5.41, 5.74) is 1.29. The number of carbonyl (C=O) groups is 3. The molecule has 8 heteroatoms. The third-order valence-electron chi connectivity index (χ3n) is 5.62. The Bertz CT molecular complexity index is 940. The Labute approximate surface area is 181 Å². The Balaban J connectivity index is 1.32. The molecular formula is C23H26N4O4. The summed E-state index contributed by atoms with van der Waals surface area (Å²) in [6, 6.07) is 15.7. The van der Waals surface area contributed by atoms with E-state index in [1.165, 1.54) is 4.90 Å². The number of ether oxygens (including phenoxy) is 1. The van der Waals surface area contributed by atoms with Gasteiger partial charge in [-0.1, -0.05) is 18.2 Å². The molecular weight excluding hydrogens is 396 g/mol. The Morgan fingerprint density at radius 2 is 1.71 bits per heavy atom. The van der Waals surface area contributed by atoms with Crippen LogP contribution in [0.25, 0.3) is 0 Å². The van der Waals surface area contributed by atoms with Crippen LogP contribution in [0.2, 0.25) is 0 Å². The summed E-state index contributed by atoms with van der Waals surface area (Å²) in [5.74, 6) is 0.544. The average Bonchev–Trinajstić information content (AvgIpc) is 3.10. The summed E-state index contributed by atoms with van der Waals surface area (Å²) < 4.78 is 5.41. The number of likely N-dealkylation sites (tertiary alicyclic amines) is 1. The highest BCUT2D eigenvalue weighted by Gasteiger charge is 2.41. The number of carbonyl (C=O) groups excluding carboxylic acids is 3. The maximum Gasteiger partial charge on any atom is 0.332 e. The third kappa shape index (κ3) is 4.47. The Morgan fingerprint density at radius 1 is 1.03 bits per heavy atom. The van der Waals surface area contributed by atoms with E-state index in [4.69, 9.17) is 4.74 Å². The van der Waals surface area contributed by atoms with E-state index in [1.807, 2.05) is 37.3 Å². The number of benzene rings is 2. The van der Waals surface area contributed by atoms with Crippen LogP contribution < -0.4 is 15.0 Å². The third-order valence-corrected chi connectivity index (χ3v) is 5.62. The zero-order valence-electron chi connectivity index (χ0n) is 17.5. The number of amides is 5. The number of piperidine rings is 1. The molecule has 2 saturated heterocycles. The van der Waals surface area contributed by atoms with E-state index in [9.17, 15) is 14.4 Å². The van der Waals surface area contributed by atoms with Crippen LogP contribution in [0, 0.1) is 0 Å². The van der Waals surface area contributed by atoms with E-state index in [2.05, 4.69) is 5.32 Å². The largest absolute Gasteiger partial charge is 0.494 e. The molecule has 2 aromatic rings. The summed E-state index contributed by atoms with van der Waals surface area (Å²) >= 11 is 0. The summed E-state index contributed by atoms with van der Waals surface area (Å²) in [5, 5.41) is 2.90. The van der Waals surface area contributed by atoms with Crippen molar-refractivity contribution in [3.05, 3.63) is 54.6 Å². The molecule has 0 bridgehead atoms. The predicted molar refractivity (Wildman–Crippen MR) is 117 cm³/mol. The standard InChI is InChI=1S/C23H26N4O4/c1-2-31-20-10-8-17(9-11-20)24-22(29)25-14-12-18(13-15-25)26-16-21(28)27(23(26)30)19-6-4-3-5-7-19/h3-11,18H,2,12-16H2,1H3,(H,24,29). The molecule has 2 heterocycles. The van der Waals surface area contributed by atoms with Gasteiger partial charge in [-0.15, -0.1) is 0 Å². The van der Waals surface area contributed by atoms with Crippen molar-refractivity contribution in [3.8, 4) is 5.75 Å². The Morgan fingerprint density at radius 3 is 2.35 bits per heavy atom. The summed E-state index contributed by atoms with van der Waals surface area (Å²) in [7, 11) is 0. The van der Waals surface area contributed by atoms with Crippen molar-refractivity contribution < 1.29 is 19.1 Å². The molecule has 2 aliphatic heterocycles. The van der Waals surface area contributed by atoms with Crippen LogP contribution in [-0.2, 0) is 4.79 Å². The number of imide groups is 1. The Kier molecular flexibility index (Phi) is 6.06. The van der Waals surface area contributed by atoms with E-state index in [0.29, 0.717) is 43.9 Å². The molecule has 0 spiro atoms. The topological polar surface area (TPSA) is 82.2 Å². The van der Waals surface area contributed by atoms with Gasteiger partial charge in [0.2, 0.25) is 0 Å². The Hall–Kier alpha value is -3.55. The highest BCUT2D eigenvalue weighted by molar-refractivity contribution is 6.19. The van der Waals surface area contributed by atoms with Crippen molar-refractivity contribution in [1.82, 2.24) is 9.80 Å². The number of hydrogen-bond acceptors (Lipinski definition) is 4. The second-order valence-corrected chi connectivity index (χ2v) is 7.58. The molecule has 0 aliphatic carbocycles. The molecule has 8 nitrogen and oxygen atoms in total. The minimum atomic E-state index is -0.284. The first-order chi connectivity index (χ1) is 15.1. The maximum absolute atomic E-state index is 12.9. The van der Waals surface area contributed by atoms with Gasteiger partial charge < -0.3 is 19.9 Å². The highest BCUT2D eigenvalue weighted by atomic mass is 16.5. The second kappa shape index (κ2) is 9.07. The van der Waals surface area contributed by atoms with Crippen LogP contribution in [0.4, 0.5) is 21.0 Å². The smallest absolute Gasteiger partial charge is 0.332 e. The van der Waals surface area contributed by atoms with Gasteiger partial charge in [-0.05, 0) is 56.2 Å². The second-order valence-electron chi connectivity index (χ2n) is 7.58. The molecule has 31 heavy (non-hydrogen) atoms. The molecule has 0 unspecified atom stereocenters. The zero-order valence-corrected chi connectivity index (χ0v) is 17.5. The molecule has 1 N–H and O–H groups in total. The molecule has 0 saturated carbocycles. The van der Waals surface area contributed by atoms with Gasteiger partial charge in [0.05, 0.1) is 12.3 Å². The van der Waals surface area contributed by atoms with Crippen LogP contribution in [0.5, 0.6) is 5.75 Å². The van der Waals surface area contributed by atoms with Crippen molar-refractivity contribution in [1.29, 1.82) is 0 Å². The van der Waals surface area contributed by atoms with Crippen LogP contribution in [0.15, 0.2) is 54.6 Å². The number of hydrogen-bond donors (Lipinski definition) is 1. The molecule has 2 aromatic carbocycles. The van der Waals surface area contributed by atoms with Crippen molar-refractivity contribution in [2.24, 2.45) is 0 Å². The average molecular weight is 422 g/mol. The fourth-order valence-corrected chi connectivity index (χ4v) is 4.02. The normalized spacial score (nSPS) is 17.3. The van der Waals surface area contributed by atoms with Crippen molar-refractivity contribution in [3.63, 3.8) is 0 Å². The van der Waals surface area contributed by atoms with Gasteiger partial charge in [0.15, 0.2) is 0 Å². The summed E-state index contributed by atoms with van der Waals surface area (Å²) in [4.78, 5) is 42.6. The van der Waals surface area contributed by atoms with Gasteiger partial charge in [0.1, 0.15) is 12.3 Å². The first kappa shape index (κ1) is 20.7. The number of para-hydroxylation sites is 1. The van der Waals surface area contributed by atoms with Gasteiger partial charge in [0.25, 0.3) is 5.91 Å². The van der Waals surface area contributed by atoms with E-state index < -0.39 is 0 Å². The van der Waals surface area contributed by atoms with Crippen LogP contribution >= 0.6 is 0 Å². The first-order valence-corrected chi connectivity index (χ1v) is 10.5. The number of nitrogens with zero attached hydrogens (tertiary/aromatic N) is 3. The van der Waals surface area contributed by atoms with Gasteiger partial charge in [-0.2, -0.15) is 0 Å². The van der Waals surface area contributed by atoms with E-state index in [1.54, 1.807) is 34.1 Å². The van der Waals surface area contributed by atoms with Gasteiger partial charge in [-0.3, -0.25) is 4.79 Å². The molecule has 0 aromatic heterocycles. The lowest BCUT2D eigenvalue weighted by molar-refractivity contribution is -0.116. The van der Waals surface area contributed by atoms with Crippen molar-refractivity contribution >= 4 is 29.3 Å². The van der Waals surface area contributed by atoms with Crippen LogP contribution in [-0.4, -0.2) is 60.1 Å². The molecule has 4 rings (SSSR count). The lowest BCUT2D eigenvalue weighted by atomic mass is 10.0. The fraction of sp³-hybridized carbons (Fsp3) is 0.348. The molecule has 5 amide bonds. The summed E-state index contributed by atoms with van der Waals surface area (Å²) in [6.45, 7) is 3.64. The predicted octanol–water partition coefficient (Wildman–Crippen LogP) is 3.55. The van der Waals surface area contributed by atoms with Crippen molar-refractivity contribution in [2.75, 3.05) is 36.5 Å². The molecule has 0 radical (unpaired) electrons. The molecule has 2 aliphatic rings. The monoisotopic (exact) mass is 422 g/mol. The van der Waals surface area contributed by atoms with Gasteiger partial charge in [-0.25, -0.2) is 14.5 Å². The van der Waals surface area contributed by atoms with E-state index >= 15 is 0 Å². The minimum absolute atomic E-state index is 0.0558. The number of nitrogens with one attached hydrogen (secondary N) is 1. The highest BCUT2D eigenvalue weighted by Crippen LogP contribution is 2.26. The van der Waals surface area contributed by atoms with Crippen LogP contribution in [0.1, 0.15) is 19.8 Å². The van der Waals surface area contributed by atoms with E-state index in [0.717, 1.165) is 5.75 Å².